The molecule has 1 aliphatic rings. The molecule has 1 fully saturated rings. The van der Waals surface area contributed by atoms with Gasteiger partial charge in [-0.15, -0.1) is 0 Å². The molecule has 0 aromatic heterocycles. The van der Waals surface area contributed by atoms with Crippen molar-refractivity contribution in [2.75, 3.05) is 20.1 Å². The van der Waals surface area contributed by atoms with Crippen molar-refractivity contribution in [1.29, 1.82) is 0 Å². The molecule has 2 nitrogen and oxygen atoms in total. The maximum atomic E-state index is 5.65. The fraction of sp³-hybridized carbons (Fsp3) is 1.00. The van der Waals surface area contributed by atoms with Crippen LogP contribution in [0.1, 0.15) is 19.8 Å². The van der Waals surface area contributed by atoms with E-state index in [0.29, 0.717) is 6.04 Å². The van der Waals surface area contributed by atoms with Crippen LogP contribution in [0.5, 0.6) is 0 Å². The standard InChI is InChI=1S/C8H18N2/c1-3-10(2)8(6-9)7-4-5-7/h7-8H,3-6,9H2,1-2H3. The van der Waals surface area contributed by atoms with Crippen LogP contribution in [0.15, 0.2) is 0 Å². The third-order valence-electron chi connectivity index (χ3n) is 2.47. The van der Waals surface area contributed by atoms with E-state index in [0.717, 1.165) is 19.0 Å². The molecule has 1 saturated carbocycles. The highest BCUT2D eigenvalue weighted by Crippen LogP contribution is 2.34. The summed E-state index contributed by atoms with van der Waals surface area (Å²) in [6.45, 7) is 4.14. The number of likely N-dealkylation sites (N-methyl/N-ethyl adjacent to an activating group) is 1. The third kappa shape index (κ3) is 1.70. The first-order valence-corrected chi connectivity index (χ1v) is 4.20. The molecule has 2 heteroatoms. The molecule has 0 heterocycles. The highest BCUT2D eigenvalue weighted by atomic mass is 15.1. The van der Waals surface area contributed by atoms with Gasteiger partial charge in [-0.3, -0.25) is 0 Å². The van der Waals surface area contributed by atoms with Gasteiger partial charge in [0, 0.05) is 12.6 Å². The molecule has 1 atom stereocenters. The van der Waals surface area contributed by atoms with Crippen molar-refractivity contribution in [3.05, 3.63) is 0 Å². The monoisotopic (exact) mass is 142 g/mol. The fourth-order valence-electron chi connectivity index (χ4n) is 1.45. The predicted octanol–water partition coefficient (Wildman–Crippen LogP) is 0.675. The first-order valence-electron chi connectivity index (χ1n) is 4.20. The molecule has 0 aromatic rings. The maximum Gasteiger partial charge on any atom is 0.0243 e. The Hall–Kier alpha value is -0.0800. The van der Waals surface area contributed by atoms with E-state index in [-0.39, 0.29) is 0 Å². The van der Waals surface area contributed by atoms with Crippen LogP contribution in [0.3, 0.4) is 0 Å². The molecule has 0 aromatic carbocycles. The molecule has 2 N–H and O–H groups in total. The Labute approximate surface area is 63.4 Å². The average Bonchev–Trinajstić information content (AvgIpc) is 2.73. The van der Waals surface area contributed by atoms with E-state index in [1.807, 2.05) is 0 Å². The van der Waals surface area contributed by atoms with E-state index in [2.05, 4.69) is 18.9 Å². The Balaban J connectivity index is 2.30. The van der Waals surface area contributed by atoms with Gasteiger partial charge in [-0.25, -0.2) is 0 Å². The van der Waals surface area contributed by atoms with Crippen molar-refractivity contribution in [3.63, 3.8) is 0 Å². The fourth-order valence-corrected chi connectivity index (χ4v) is 1.45. The highest BCUT2D eigenvalue weighted by molar-refractivity contribution is 4.87. The average molecular weight is 142 g/mol. The Bertz CT molecular complexity index is 99.4. The number of rotatable bonds is 4. The van der Waals surface area contributed by atoms with Crippen LogP contribution >= 0.6 is 0 Å². The second-order valence-corrected chi connectivity index (χ2v) is 3.21. The number of hydrogen-bond acceptors (Lipinski definition) is 2. The summed E-state index contributed by atoms with van der Waals surface area (Å²) >= 11 is 0. The summed E-state index contributed by atoms with van der Waals surface area (Å²) in [7, 11) is 2.16. The highest BCUT2D eigenvalue weighted by Gasteiger charge is 2.31. The molecule has 60 valence electrons. The van der Waals surface area contributed by atoms with Gasteiger partial charge >= 0.3 is 0 Å². The summed E-state index contributed by atoms with van der Waals surface area (Å²) in [5, 5.41) is 0. The molecule has 0 aliphatic heterocycles. The van der Waals surface area contributed by atoms with Crippen molar-refractivity contribution in [2.45, 2.75) is 25.8 Å². The third-order valence-corrected chi connectivity index (χ3v) is 2.47. The van der Waals surface area contributed by atoms with Gasteiger partial charge in [0.1, 0.15) is 0 Å². The molecule has 1 unspecified atom stereocenters. The Kier molecular flexibility index (Phi) is 2.69. The lowest BCUT2D eigenvalue weighted by Gasteiger charge is -2.25. The Morgan fingerprint density at radius 1 is 1.60 bits per heavy atom. The van der Waals surface area contributed by atoms with Gasteiger partial charge in [-0.2, -0.15) is 0 Å². The van der Waals surface area contributed by atoms with Crippen LogP contribution < -0.4 is 5.73 Å². The van der Waals surface area contributed by atoms with Crippen LogP contribution in [-0.2, 0) is 0 Å². The number of hydrogen-bond donors (Lipinski definition) is 1. The van der Waals surface area contributed by atoms with Gasteiger partial charge in [0.15, 0.2) is 0 Å². The molecule has 0 spiro atoms. The maximum absolute atomic E-state index is 5.65. The van der Waals surface area contributed by atoms with E-state index < -0.39 is 0 Å². The smallest absolute Gasteiger partial charge is 0.0243 e. The van der Waals surface area contributed by atoms with Crippen LogP contribution in [-0.4, -0.2) is 31.1 Å². The van der Waals surface area contributed by atoms with Crippen molar-refractivity contribution in [1.82, 2.24) is 4.90 Å². The zero-order chi connectivity index (χ0) is 7.56. The quantitative estimate of drug-likeness (QED) is 0.625. The number of nitrogens with two attached hydrogens (primary N) is 1. The largest absolute Gasteiger partial charge is 0.329 e. The lowest BCUT2D eigenvalue weighted by atomic mass is 10.1. The summed E-state index contributed by atoms with van der Waals surface area (Å²) in [6.07, 6.45) is 2.79. The van der Waals surface area contributed by atoms with Crippen molar-refractivity contribution < 1.29 is 0 Å². The summed E-state index contributed by atoms with van der Waals surface area (Å²) < 4.78 is 0. The van der Waals surface area contributed by atoms with Crippen LogP contribution in [0.25, 0.3) is 0 Å². The predicted molar refractivity (Wildman–Crippen MR) is 43.9 cm³/mol. The van der Waals surface area contributed by atoms with E-state index in [1.54, 1.807) is 0 Å². The minimum Gasteiger partial charge on any atom is -0.329 e. The lowest BCUT2D eigenvalue weighted by Crippen LogP contribution is -2.39. The van der Waals surface area contributed by atoms with Gasteiger partial charge in [-0.1, -0.05) is 6.92 Å². The van der Waals surface area contributed by atoms with Crippen LogP contribution in [0.4, 0.5) is 0 Å². The first kappa shape index (κ1) is 8.02. The van der Waals surface area contributed by atoms with Crippen LogP contribution in [0, 0.1) is 5.92 Å². The zero-order valence-electron chi connectivity index (χ0n) is 7.01. The zero-order valence-corrected chi connectivity index (χ0v) is 7.01. The molecular weight excluding hydrogens is 124 g/mol. The van der Waals surface area contributed by atoms with Gasteiger partial charge in [-0.05, 0) is 32.4 Å². The second kappa shape index (κ2) is 3.35. The van der Waals surface area contributed by atoms with Gasteiger partial charge in [0.25, 0.3) is 0 Å². The first-order chi connectivity index (χ1) is 4.79. The van der Waals surface area contributed by atoms with E-state index in [4.69, 9.17) is 5.73 Å². The molecule has 1 rings (SSSR count). The van der Waals surface area contributed by atoms with E-state index >= 15 is 0 Å². The minimum absolute atomic E-state index is 0.657. The topological polar surface area (TPSA) is 29.3 Å². The molecule has 0 bridgehead atoms. The van der Waals surface area contributed by atoms with Gasteiger partial charge < -0.3 is 10.6 Å². The number of nitrogens with zero attached hydrogens (tertiary/aromatic N) is 1. The normalized spacial score (nSPS) is 21.6. The SMILES string of the molecule is CCN(C)C(CN)C1CC1. The molecule has 0 radical (unpaired) electrons. The van der Waals surface area contributed by atoms with Gasteiger partial charge in [0.2, 0.25) is 0 Å². The second-order valence-electron chi connectivity index (χ2n) is 3.21. The van der Waals surface area contributed by atoms with E-state index in [9.17, 15) is 0 Å². The van der Waals surface area contributed by atoms with Gasteiger partial charge in [0.05, 0.1) is 0 Å². The molecule has 0 saturated heterocycles. The molecule has 10 heavy (non-hydrogen) atoms. The van der Waals surface area contributed by atoms with E-state index in [1.165, 1.54) is 12.8 Å². The molecule has 0 amide bonds. The summed E-state index contributed by atoms with van der Waals surface area (Å²) in [5.41, 5.74) is 5.65. The summed E-state index contributed by atoms with van der Waals surface area (Å²) in [5.74, 6) is 0.912. The van der Waals surface area contributed by atoms with Crippen molar-refractivity contribution in [2.24, 2.45) is 11.7 Å². The van der Waals surface area contributed by atoms with Crippen molar-refractivity contribution in [3.8, 4) is 0 Å². The Morgan fingerprint density at radius 2 is 2.20 bits per heavy atom. The molecule has 1 aliphatic carbocycles. The lowest BCUT2D eigenvalue weighted by molar-refractivity contribution is 0.235. The minimum atomic E-state index is 0.657. The summed E-state index contributed by atoms with van der Waals surface area (Å²) in [6, 6.07) is 0.657. The summed E-state index contributed by atoms with van der Waals surface area (Å²) in [4.78, 5) is 2.36. The molecular formula is C8H18N2. The van der Waals surface area contributed by atoms with Crippen LogP contribution in [0.2, 0.25) is 0 Å². The Morgan fingerprint density at radius 3 is 2.50 bits per heavy atom. The van der Waals surface area contributed by atoms with Crippen molar-refractivity contribution >= 4 is 0 Å².